The Bertz CT molecular complexity index is 818. The SMILES string of the molecule is C#CCNc1c2ccccc2nc2ccc(SC)cc12. The predicted octanol–water partition coefficient (Wildman–Crippen LogP) is 4.16. The van der Waals surface area contributed by atoms with Crippen LogP contribution in [0.1, 0.15) is 0 Å². The molecule has 2 nitrogen and oxygen atoms in total. The van der Waals surface area contributed by atoms with Crippen LogP contribution in [0, 0.1) is 12.3 Å². The van der Waals surface area contributed by atoms with E-state index in [2.05, 4.69) is 41.8 Å². The summed E-state index contributed by atoms with van der Waals surface area (Å²) in [6.45, 7) is 0.507. The molecule has 0 bridgehead atoms. The lowest BCUT2D eigenvalue weighted by Gasteiger charge is -2.12. The summed E-state index contributed by atoms with van der Waals surface area (Å²) in [4.78, 5) is 5.94. The van der Waals surface area contributed by atoms with Gasteiger partial charge in [0.2, 0.25) is 0 Å². The number of para-hydroxylation sites is 1. The first kappa shape index (κ1) is 12.8. The molecule has 20 heavy (non-hydrogen) atoms. The molecule has 0 atom stereocenters. The first-order valence-electron chi connectivity index (χ1n) is 6.37. The Morgan fingerprint density at radius 3 is 2.75 bits per heavy atom. The number of terminal acetylenes is 1. The fourth-order valence-corrected chi connectivity index (χ4v) is 2.77. The van der Waals surface area contributed by atoms with Crippen molar-refractivity contribution in [2.45, 2.75) is 4.90 Å². The molecular weight excluding hydrogens is 264 g/mol. The zero-order valence-electron chi connectivity index (χ0n) is 11.2. The summed E-state index contributed by atoms with van der Waals surface area (Å²) in [5.41, 5.74) is 3.04. The van der Waals surface area contributed by atoms with Gasteiger partial charge in [-0.15, -0.1) is 18.2 Å². The predicted molar refractivity (Wildman–Crippen MR) is 88.4 cm³/mol. The van der Waals surface area contributed by atoms with Crippen LogP contribution >= 0.6 is 11.8 Å². The van der Waals surface area contributed by atoms with Crippen molar-refractivity contribution in [3.63, 3.8) is 0 Å². The Labute approximate surface area is 122 Å². The van der Waals surface area contributed by atoms with Crippen LogP contribution in [0.4, 0.5) is 5.69 Å². The zero-order chi connectivity index (χ0) is 13.9. The molecule has 0 aliphatic carbocycles. The smallest absolute Gasteiger partial charge is 0.0763 e. The summed E-state index contributed by atoms with van der Waals surface area (Å²) in [5.74, 6) is 2.64. The molecule has 0 aliphatic rings. The second-order valence-corrected chi connectivity index (χ2v) is 5.32. The number of pyridine rings is 1. The van der Waals surface area contributed by atoms with Crippen molar-refractivity contribution in [2.75, 3.05) is 18.1 Å². The van der Waals surface area contributed by atoms with E-state index < -0.39 is 0 Å². The van der Waals surface area contributed by atoms with E-state index in [1.807, 2.05) is 18.2 Å². The van der Waals surface area contributed by atoms with Crippen molar-refractivity contribution >= 4 is 39.3 Å². The van der Waals surface area contributed by atoms with Gasteiger partial charge >= 0.3 is 0 Å². The molecule has 2 aromatic carbocycles. The van der Waals surface area contributed by atoms with Crippen LogP contribution < -0.4 is 5.32 Å². The molecule has 0 fully saturated rings. The fraction of sp³-hybridized carbons (Fsp3) is 0.118. The van der Waals surface area contributed by atoms with E-state index in [4.69, 9.17) is 11.4 Å². The van der Waals surface area contributed by atoms with Crippen LogP contribution in [0.5, 0.6) is 0 Å². The second kappa shape index (κ2) is 5.44. The molecule has 3 rings (SSSR count). The van der Waals surface area contributed by atoms with E-state index in [0.717, 1.165) is 27.5 Å². The lowest BCUT2D eigenvalue weighted by molar-refractivity contribution is 1.38. The molecule has 1 N–H and O–H groups in total. The molecule has 0 saturated carbocycles. The van der Waals surface area contributed by atoms with Crippen molar-refractivity contribution in [3.8, 4) is 12.3 Å². The average molecular weight is 278 g/mol. The van der Waals surface area contributed by atoms with Crippen molar-refractivity contribution in [3.05, 3.63) is 42.5 Å². The quantitative estimate of drug-likeness (QED) is 0.442. The van der Waals surface area contributed by atoms with Crippen LogP contribution in [0.3, 0.4) is 0 Å². The van der Waals surface area contributed by atoms with Gasteiger partial charge in [-0.1, -0.05) is 24.1 Å². The highest BCUT2D eigenvalue weighted by Gasteiger charge is 2.08. The molecule has 1 aromatic heterocycles. The zero-order valence-corrected chi connectivity index (χ0v) is 12.0. The maximum atomic E-state index is 5.39. The first-order valence-corrected chi connectivity index (χ1v) is 7.60. The number of aromatic nitrogens is 1. The average Bonchev–Trinajstić information content (AvgIpc) is 2.51. The van der Waals surface area contributed by atoms with E-state index in [9.17, 15) is 0 Å². The standard InChI is InChI=1S/C17H14N2S/c1-3-10-18-17-13-6-4-5-7-15(13)19-16-9-8-12(20-2)11-14(16)17/h1,4-9,11H,10H2,2H3,(H,18,19). The van der Waals surface area contributed by atoms with Crippen LogP contribution in [0.2, 0.25) is 0 Å². The van der Waals surface area contributed by atoms with Gasteiger partial charge in [-0.05, 0) is 30.5 Å². The fourth-order valence-electron chi connectivity index (χ4n) is 2.33. The third kappa shape index (κ3) is 2.19. The number of hydrogen-bond acceptors (Lipinski definition) is 3. The highest BCUT2D eigenvalue weighted by molar-refractivity contribution is 7.98. The third-order valence-corrected chi connectivity index (χ3v) is 3.98. The molecule has 0 spiro atoms. The van der Waals surface area contributed by atoms with Crippen LogP contribution in [0.15, 0.2) is 47.4 Å². The molecule has 1 heterocycles. The Kier molecular flexibility index (Phi) is 3.49. The van der Waals surface area contributed by atoms with E-state index in [1.54, 1.807) is 11.8 Å². The van der Waals surface area contributed by atoms with Crippen LogP contribution in [-0.4, -0.2) is 17.8 Å². The summed E-state index contributed by atoms with van der Waals surface area (Å²) in [6, 6.07) is 14.5. The summed E-state index contributed by atoms with van der Waals surface area (Å²) < 4.78 is 0. The molecule has 0 radical (unpaired) electrons. The van der Waals surface area contributed by atoms with Gasteiger partial charge in [-0.25, -0.2) is 4.98 Å². The lowest BCUT2D eigenvalue weighted by Crippen LogP contribution is -2.01. The van der Waals surface area contributed by atoms with Gasteiger partial charge in [0.05, 0.1) is 23.3 Å². The number of hydrogen-bond donors (Lipinski definition) is 1. The highest BCUT2D eigenvalue weighted by atomic mass is 32.2. The molecule has 0 aliphatic heterocycles. The first-order chi connectivity index (χ1) is 9.83. The van der Waals surface area contributed by atoms with Crippen molar-refractivity contribution < 1.29 is 0 Å². The molecule has 0 amide bonds. The largest absolute Gasteiger partial charge is 0.373 e. The van der Waals surface area contributed by atoms with E-state index in [-0.39, 0.29) is 0 Å². The third-order valence-electron chi connectivity index (χ3n) is 3.25. The normalized spacial score (nSPS) is 10.6. The number of nitrogens with zero attached hydrogens (tertiary/aromatic N) is 1. The Balaban J connectivity index is 2.36. The molecule has 98 valence electrons. The van der Waals surface area contributed by atoms with E-state index in [1.165, 1.54) is 4.90 Å². The maximum absolute atomic E-state index is 5.39. The van der Waals surface area contributed by atoms with Crippen molar-refractivity contribution in [1.82, 2.24) is 4.98 Å². The van der Waals surface area contributed by atoms with E-state index in [0.29, 0.717) is 6.54 Å². The van der Waals surface area contributed by atoms with E-state index >= 15 is 0 Å². The summed E-state index contributed by atoms with van der Waals surface area (Å²) >= 11 is 1.73. The van der Waals surface area contributed by atoms with Gasteiger partial charge in [-0.3, -0.25) is 0 Å². The monoisotopic (exact) mass is 278 g/mol. The Morgan fingerprint density at radius 2 is 1.95 bits per heavy atom. The summed E-state index contributed by atoms with van der Waals surface area (Å²) in [5, 5.41) is 5.57. The molecular formula is C17H14N2S. The number of benzene rings is 2. The lowest BCUT2D eigenvalue weighted by atomic mass is 10.1. The van der Waals surface area contributed by atoms with Gasteiger partial charge in [0.15, 0.2) is 0 Å². The molecule has 0 unspecified atom stereocenters. The Morgan fingerprint density at radius 1 is 1.15 bits per heavy atom. The van der Waals surface area contributed by atoms with Gasteiger partial charge < -0.3 is 5.32 Å². The number of nitrogens with one attached hydrogen (secondary N) is 1. The molecule has 3 aromatic rings. The van der Waals surface area contributed by atoms with Crippen molar-refractivity contribution in [1.29, 1.82) is 0 Å². The van der Waals surface area contributed by atoms with Gasteiger partial charge in [0.25, 0.3) is 0 Å². The maximum Gasteiger partial charge on any atom is 0.0763 e. The summed E-state index contributed by atoms with van der Waals surface area (Å²) in [6.07, 6.45) is 7.46. The number of thioether (sulfide) groups is 1. The number of rotatable bonds is 3. The highest BCUT2D eigenvalue weighted by Crippen LogP contribution is 2.32. The number of anilines is 1. The minimum atomic E-state index is 0.507. The Hall–Kier alpha value is -2.18. The van der Waals surface area contributed by atoms with Crippen molar-refractivity contribution in [2.24, 2.45) is 0 Å². The minimum absolute atomic E-state index is 0.507. The second-order valence-electron chi connectivity index (χ2n) is 4.44. The van der Waals surface area contributed by atoms with Crippen LogP contribution in [0.25, 0.3) is 21.8 Å². The summed E-state index contributed by atoms with van der Waals surface area (Å²) in [7, 11) is 0. The van der Waals surface area contributed by atoms with Gasteiger partial charge in [0, 0.05) is 15.7 Å². The molecule has 3 heteroatoms. The molecule has 0 saturated heterocycles. The minimum Gasteiger partial charge on any atom is -0.373 e. The van der Waals surface area contributed by atoms with Gasteiger partial charge in [0.1, 0.15) is 0 Å². The van der Waals surface area contributed by atoms with Gasteiger partial charge in [-0.2, -0.15) is 0 Å². The van der Waals surface area contributed by atoms with Crippen LogP contribution in [-0.2, 0) is 0 Å². The number of fused-ring (bicyclic) bond motifs is 2. The topological polar surface area (TPSA) is 24.9 Å².